The highest BCUT2D eigenvalue weighted by atomic mass is 32.2. The van der Waals surface area contributed by atoms with E-state index in [9.17, 15) is 13.2 Å². The number of likely N-dealkylation sites (tertiary alicyclic amines) is 1. The molecule has 1 aromatic carbocycles. The van der Waals surface area contributed by atoms with E-state index in [2.05, 4.69) is 13.8 Å². The molecule has 1 amide bonds. The second-order valence-electron chi connectivity index (χ2n) is 7.59. The summed E-state index contributed by atoms with van der Waals surface area (Å²) in [6.45, 7) is 5.90. The first-order valence-corrected chi connectivity index (χ1v) is 12.5. The second kappa shape index (κ2) is 9.61. The summed E-state index contributed by atoms with van der Waals surface area (Å²) in [5.74, 6) is 1.23. The Morgan fingerprint density at radius 3 is 2.54 bits per heavy atom. The number of sulfonamides is 1. The maximum absolute atomic E-state index is 12.8. The largest absolute Gasteiger partial charge is 0.379 e. The molecular formula is C20H30N2O4S2. The van der Waals surface area contributed by atoms with Crippen molar-refractivity contribution < 1.29 is 17.9 Å². The fraction of sp³-hybridized carbons (Fsp3) is 0.650. The lowest BCUT2D eigenvalue weighted by molar-refractivity contribution is -0.134. The predicted molar refractivity (Wildman–Crippen MR) is 112 cm³/mol. The van der Waals surface area contributed by atoms with Crippen LogP contribution < -0.4 is 0 Å². The number of morpholine rings is 1. The SMILES string of the molecule is C[C@@H]1CCC[C@@H](C)N1C(=O)CSCc1cccc(S(=O)(=O)N2CCOCC2)c1. The van der Waals surface area contributed by atoms with Gasteiger partial charge in [-0.15, -0.1) is 11.8 Å². The van der Waals surface area contributed by atoms with Gasteiger partial charge < -0.3 is 9.64 Å². The Hall–Kier alpha value is -1.09. The van der Waals surface area contributed by atoms with Crippen molar-refractivity contribution in [1.82, 2.24) is 9.21 Å². The summed E-state index contributed by atoms with van der Waals surface area (Å²) in [5.41, 5.74) is 0.923. The summed E-state index contributed by atoms with van der Waals surface area (Å²) in [6, 6.07) is 7.68. The van der Waals surface area contributed by atoms with Crippen molar-refractivity contribution in [3.05, 3.63) is 29.8 Å². The third-order valence-corrected chi connectivity index (χ3v) is 8.37. The highest BCUT2D eigenvalue weighted by Gasteiger charge is 2.29. The van der Waals surface area contributed by atoms with E-state index in [0.29, 0.717) is 54.8 Å². The molecule has 156 valence electrons. The molecule has 3 rings (SSSR count). The molecule has 2 aliphatic rings. The molecular weight excluding hydrogens is 396 g/mol. The van der Waals surface area contributed by atoms with Crippen LogP contribution in [0.2, 0.25) is 0 Å². The van der Waals surface area contributed by atoms with Crippen molar-refractivity contribution in [3.8, 4) is 0 Å². The molecule has 0 bridgehead atoms. The Bertz CT molecular complexity index is 768. The maximum Gasteiger partial charge on any atom is 0.243 e. The average Bonchev–Trinajstić information content (AvgIpc) is 2.69. The zero-order valence-corrected chi connectivity index (χ0v) is 18.3. The Morgan fingerprint density at radius 1 is 1.18 bits per heavy atom. The summed E-state index contributed by atoms with van der Waals surface area (Å²) < 4.78 is 32.3. The lowest BCUT2D eigenvalue weighted by atomic mass is 9.98. The van der Waals surface area contributed by atoms with Gasteiger partial charge in [0.05, 0.1) is 23.9 Å². The number of rotatable bonds is 6. The van der Waals surface area contributed by atoms with E-state index in [1.807, 2.05) is 11.0 Å². The molecule has 28 heavy (non-hydrogen) atoms. The smallest absolute Gasteiger partial charge is 0.243 e. The summed E-state index contributed by atoms with van der Waals surface area (Å²) in [7, 11) is -3.49. The van der Waals surface area contributed by atoms with E-state index < -0.39 is 10.0 Å². The van der Waals surface area contributed by atoms with Crippen LogP contribution in [-0.2, 0) is 25.3 Å². The van der Waals surface area contributed by atoms with Crippen LogP contribution in [0.4, 0.5) is 0 Å². The van der Waals surface area contributed by atoms with Crippen LogP contribution in [0.15, 0.2) is 29.2 Å². The van der Waals surface area contributed by atoms with Crippen LogP contribution in [0.5, 0.6) is 0 Å². The van der Waals surface area contributed by atoms with Crippen molar-refractivity contribution in [2.24, 2.45) is 0 Å². The molecule has 2 saturated heterocycles. The topological polar surface area (TPSA) is 66.9 Å². The number of piperidine rings is 1. The third-order valence-electron chi connectivity index (χ3n) is 5.48. The summed E-state index contributed by atoms with van der Waals surface area (Å²) in [4.78, 5) is 15.0. The van der Waals surface area contributed by atoms with Gasteiger partial charge in [-0.25, -0.2) is 8.42 Å². The highest BCUT2D eigenvalue weighted by molar-refractivity contribution is 7.99. The molecule has 8 heteroatoms. The third kappa shape index (κ3) is 5.09. The Labute approximate surface area is 172 Å². The quantitative estimate of drug-likeness (QED) is 0.700. The van der Waals surface area contributed by atoms with Crippen molar-refractivity contribution in [2.75, 3.05) is 32.1 Å². The van der Waals surface area contributed by atoms with Crippen LogP contribution >= 0.6 is 11.8 Å². The molecule has 2 heterocycles. The van der Waals surface area contributed by atoms with Crippen LogP contribution in [0.1, 0.15) is 38.7 Å². The van der Waals surface area contributed by atoms with Gasteiger partial charge in [0.15, 0.2) is 0 Å². The average molecular weight is 427 g/mol. The highest BCUT2D eigenvalue weighted by Crippen LogP contribution is 2.25. The first-order valence-electron chi connectivity index (χ1n) is 9.95. The number of nitrogens with zero attached hydrogens (tertiary/aromatic N) is 2. The van der Waals surface area contributed by atoms with E-state index in [-0.39, 0.29) is 5.91 Å². The second-order valence-corrected chi connectivity index (χ2v) is 10.5. The fourth-order valence-corrected chi connectivity index (χ4v) is 6.30. The van der Waals surface area contributed by atoms with E-state index in [4.69, 9.17) is 4.74 Å². The lowest BCUT2D eigenvalue weighted by Crippen LogP contribution is -2.48. The molecule has 2 atom stereocenters. The zero-order chi connectivity index (χ0) is 20.1. The standard InChI is InChI=1S/C20H30N2O4S2/c1-16-5-3-6-17(2)22(16)20(23)15-27-14-18-7-4-8-19(13-18)28(24,25)21-9-11-26-12-10-21/h4,7-8,13,16-17H,3,5-6,9-12,14-15H2,1-2H3/t16-,17-/m1/s1. The normalized spacial score (nSPS) is 24.3. The number of ether oxygens (including phenoxy) is 1. The monoisotopic (exact) mass is 426 g/mol. The number of amides is 1. The van der Waals surface area contributed by atoms with Gasteiger partial charge in [0.25, 0.3) is 0 Å². The number of hydrogen-bond donors (Lipinski definition) is 0. The number of thioether (sulfide) groups is 1. The minimum Gasteiger partial charge on any atom is -0.379 e. The Morgan fingerprint density at radius 2 is 1.86 bits per heavy atom. The van der Waals surface area contributed by atoms with E-state index in [1.165, 1.54) is 10.7 Å². The first kappa shape index (κ1) is 21.6. The molecule has 0 spiro atoms. The van der Waals surface area contributed by atoms with Crippen molar-refractivity contribution >= 4 is 27.7 Å². The number of carbonyl (C=O) groups is 1. The molecule has 0 aromatic heterocycles. The van der Waals surface area contributed by atoms with Gasteiger partial charge >= 0.3 is 0 Å². The van der Waals surface area contributed by atoms with Gasteiger partial charge in [-0.1, -0.05) is 12.1 Å². The Balaban J connectivity index is 1.58. The minimum absolute atomic E-state index is 0.182. The molecule has 0 unspecified atom stereocenters. The van der Waals surface area contributed by atoms with Gasteiger partial charge in [-0.3, -0.25) is 4.79 Å². The molecule has 1 aromatic rings. The van der Waals surface area contributed by atoms with Crippen LogP contribution in [0.3, 0.4) is 0 Å². The van der Waals surface area contributed by atoms with E-state index >= 15 is 0 Å². The lowest BCUT2D eigenvalue weighted by Gasteiger charge is -2.39. The molecule has 2 aliphatic heterocycles. The predicted octanol–water partition coefficient (Wildman–Crippen LogP) is 2.73. The van der Waals surface area contributed by atoms with Crippen LogP contribution in [0.25, 0.3) is 0 Å². The van der Waals surface area contributed by atoms with Crippen molar-refractivity contribution in [1.29, 1.82) is 0 Å². The van der Waals surface area contributed by atoms with Gasteiger partial charge in [0.1, 0.15) is 0 Å². The van der Waals surface area contributed by atoms with Crippen LogP contribution in [-0.4, -0.2) is 67.7 Å². The molecule has 0 radical (unpaired) electrons. The molecule has 0 aliphatic carbocycles. The molecule has 0 N–H and O–H groups in total. The van der Waals surface area contributed by atoms with E-state index in [1.54, 1.807) is 30.0 Å². The first-order chi connectivity index (χ1) is 13.4. The summed E-state index contributed by atoms with van der Waals surface area (Å²) in [6.07, 6.45) is 3.33. The summed E-state index contributed by atoms with van der Waals surface area (Å²) in [5, 5.41) is 0. The minimum atomic E-state index is -3.49. The van der Waals surface area contributed by atoms with Crippen LogP contribution in [0, 0.1) is 0 Å². The van der Waals surface area contributed by atoms with Gasteiger partial charge in [0, 0.05) is 30.9 Å². The Kier molecular flexibility index (Phi) is 7.42. The van der Waals surface area contributed by atoms with Gasteiger partial charge in [-0.2, -0.15) is 4.31 Å². The maximum atomic E-state index is 12.8. The van der Waals surface area contributed by atoms with E-state index in [0.717, 1.165) is 18.4 Å². The zero-order valence-electron chi connectivity index (χ0n) is 16.7. The fourth-order valence-electron chi connectivity index (χ4n) is 3.98. The number of carbonyl (C=O) groups excluding carboxylic acids is 1. The van der Waals surface area contributed by atoms with Gasteiger partial charge in [-0.05, 0) is 50.8 Å². The molecule has 2 fully saturated rings. The number of benzene rings is 1. The van der Waals surface area contributed by atoms with Crippen molar-refractivity contribution in [3.63, 3.8) is 0 Å². The molecule has 6 nitrogen and oxygen atoms in total. The molecule has 0 saturated carbocycles. The van der Waals surface area contributed by atoms with Crippen molar-refractivity contribution in [2.45, 2.75) is 55.8 Å². The summed E-state index contributed by atoms with van der Waals surface area (Å²) >= 11 is 1.55. The van der Waals surface area contributed by atoms with Gasteiger partial charge in [0.2, 0.25) is 15.9 Å². The number of hydrogen-bond acceptors (Lipinski definition) is 5.